The first kappa shape index (κ1) is 15.8. The van der Waals surface area contributed by atoms with Crippen molar-refractivity contribution in [3.63, 3.8) is 0 Å². The van der Waals surface area contributed by atoms with Crippen molar-refractivity contribution in [2.24, 2.45) is 11.8 Å². The number of hydrogen-bond donors (Lipinski definition) is 1. The molecule has 1 N–H and O–H groups in total. The van der Waals surface area contributed by atoms with Gasteiger partial charge in [0, 0.05) is 37.3 Å². The summed E-state index contributed by atoms with van der Waals surface area (Å²) in [6, 6.07) is 0. The van der Waals surface area contributed by atoms with Crippen LogP contribution >= 0.6 is 0 Å². The van der Waals surface area contributed by atoms with Crippen LogP contribution in [0.3, 0.4) is 0 Å². The van der Waals surface area contributed by atoms with Crippen LogP contribution in [0.25, 0.3) is 0 Å². The number of rotatable bonds is 4. The molecule has 3 heterocycles. The molecule has 130 valence electrons. The van der Waals surface area contributed by atoms with E-state index in [9.17, 15) is 4.79 Å². The number of fused-ring (bicyclic) bond motifs is 2. The Hall–Kier alpha value is -1.69. The van der Waals surface area contributed by atoms with Gasteiger partial charge in [-0.1, -0.05) is 13.8 Å². The van der Waals surface area contributed by atoms with Gasteiger partial charge in [-0.3, -0.25) is 4.79 Å². The van der Waals surface area contributed by atoms with Crippen molar-refractivity contribution in [3.8, 4) is 0 Å². The Morgan fingerprint density at radius 1 is 1.42 bits per heavy atom. The third kappa shape index (κ3) is 2.88. The van der Waals surface area contributed by atoms with E-state index in [1.165, 1.54) is 12.8 Å². The molecule has 3 aliphatic rings. The maximum absolute atomic E-state index is 12.2. The van der Waals surface area contributed by atoms with Gasteiger partial charge in [0.05, 0.1) is 12.3 Å². The van der Waals surface area contributed by atoms with Gasteiger partial charge in [0.25, 0.3) is 0 Å². The number of hydrogen-bond acceptors (Lipinski definition) is 5. The van der Waals surface area contributed by atoms with Gasteiger partial charge in [0.2, 0.25) is 11.9 Å². The minimum absolute atomic E-state index is 0.0522. The van der Waals surface area contributed by atoms with Crippen LogP contribution in [0.15, 0.2) is 6.20 Å². The van der Waals surface area contributed by atoms with Crippen molar-refractivity contribution in [3.05, 3.63) is 17.5 Å². The standard InChI is InChI=1S/C18H26N4O2/c1-12(2)16(23)22-7-5-18(6-8-22)15-14(11-24-18)10-20-17(21-15)19-9-13-3-4-13/h10,12-13H,3-9,11H2,1-2H3,(H,19,20,21). The topological polar surface area (TPSA) is 67.4 Å². The molecule has 1 saturated carbocycles. The number of amides is 1. The van der Waals surface area contributed by atoms with Crippen molar-refractivity contribution in [2.45, 2.75) is 51.7 Å². The Labute approximate surface area is 143 Å². The first-order chi connectivity index (χ1) is 11.6. The summed E-state index contributed by atoms with van der Waals surface area (Å²) < 4.78 is 6.17. The molecule has 0 atom stereocenters. The highest BCUT2D eigenvalue weighted by atomic mass is 16.5. The Morgan fingerprint density at radius 2 is 2.17 bits per heavy atom. The van der Waals surface area contributed by atoms with E-state index in [2.05, 4.69) is 10.3 Å². The number of anilines is 1. The smallest absolute Gasteiger partial charge is 0.225 e. The predicted octanol–water partition coefficient (Wildman–Crippen LogP) is 2.30. The van der Waals surface area contributed by atoms with Gasteiger partial charge in [0.1, 0.15) is 5.60 Å². The molecule has 1 aromatic heterocycles. The molecule has 4 rings (SSSR count). The van der Waals surface area contributed by atoms with E-state index in [0.29, 0.717) is 12.6 Å². The van der Waals surface area contributed by atoms with E-state index in [1.807, 2.05) is 24.9 Å². The predicted molar refractivity (Wildman–Crippen MR) is 90.4 cm³/mol. The SMILES string of the molecule is CC(C)C(=O)N1CCC2(CC1)OCc1cnc(NCC3CC3)nc12. The van der Waals surface area contributed by atoms with Crippen LogP contribution < -0.4 is 5.32 Å². The van der Waals surface area contributed by atoms with Crippen molar-refractivity contribution in [2.75, 3.05) is 25.0 Å². The quantitative estimate of drug-likeness (QED) is 0.917. The van der Waals surface area contributed by atoms with Gasteiger partial charge in [-0.2, -0.15) is 0 Å². The molecule has 1 aromatic rings. The molecular formula is C18H26N4O2. The summed E-state index contributed by atoms with van der Waals surface area (Å²) in [6.07, 6.45) is 6.16. The minimum Gasteiger partial charge on any atom is -0.364 e. The number of piperidine rings is 1. The molecule has 2 fully saturated rings. The second-order valence-corrected chi connectivity index (χ2v) is 7.65. The zero-order valence-corrected chi connectivity index (χ0v) is 14.5. The zero-order chi connectivity index (χ0) is 16.7. The van der Waals surface area contributed by atoms with E-state index in [1.54, 1.807) is 0 Å². The molecule has 1 aliphatic carbocycles. The molecule has 0 radical (unpaired) electrons. The molecule has 1 spiro atoms. The van der Waals surface area contributed by atoms with Crippen LogP contribution in [-0.4, -0.2) is 40.4 Å². The van der Waals surface area contributed by atoms with Gasteiger partial charge in [-0.15, -0.1) is 0 Å². The van der Waals surface area contributed by atoms with Crippen LogP contribution in [0.4, 0.5) is 5.95 Å². The molecule has 1 amide bonds. The number of nitrogens with one attached hydrogen (secondary N) is 1. The number of nitrogens with zero attached hydrogens (tertiary/aromatic N) is 3. The second kappa shape index (κ2) is 5.99. The molecule has 6 nitrogen and oxygen atoms in total. The fraction of sp³-hybridized carbons (Fsp3) is 0.722. The minimum atomic E-state index is -0.331. The Kier molecular flexibility index (Phi) is 3.95. The molecule has 1 saturated heterocycles. The number of carbonyl (C=O) groups is 1. The third-order valence-corrected chi connectivity index (χ3v) is 5.42. The lowest BCUT2D eigenvalue weighted by Crippen LogP contribution is -2.46. The van der Waals surface area contributed by atoms with Crippen LogP contribution in [0.2, 0.25) is 0 Å². The Balaban J connectivity index is 1.48. The van der Waals surface area contributed by atoms with Crippen LogP contribution in [0, 0.1) is 11.8 Å². The van der Waals surface area contributed by atoms with E-state index in [4.69, 9.17) is 9.72 Å². The summed E-state index contributed by atoms with van der Waals surface area (Å²) in [6.45, 7) is 6.94. The van der Waals surface area contributed by atoms with Gasteiger partial charge in [-0.05, 0) is 31.6 Å². The number of aromatic nitrogens is 2. The Bertz CT molecular complexity index is 634. The number of carbonyl (C=O) groups excluding carboxylic acids is 1. The van der Waals surface area contributed by atoms with E-state index >= 15 is 0 Å². The monoisotopic (exact) mass is 330 g/mol. The summed E-state index contributed by atoms with van der Waals surface area (Å²) in [5.41, 5.74) is 1.80. The fourth-order valence-electron chi connectivity index (χ4n) is 3.67. The average Bonchev–Trinajstić information content (AvgIpc) is 3.37. The van der Waals surface area contributed by atoms with Crippen molar-refractivity contribution >= 4 is 11.9 Å². The summed E-state index contributed by atoms with van der Waals surface area (Å²) >= 11 is 0. The highest BCUT2D eigenvalue weighted by molar-refractivity contribution is 5.78. The molecule has 0 bridgehead atoms. The van der Waals surface area contributed by atoms with Crippen LogP contribution in [0.5, 0.6) is 0 Å². The lowest BCUT2D eigenvalue weighted by atomic mass is 9.87. The second-order valence-electron chi connectivity index (χ2n) is 7.65. The normalized spacial score (nSPS) is 22.0. The summed E-state index contributed by atoms with van der Waals surface area (Å²) in [5, 5.41) is 3.36. The number of ether oxygens (including phenoxy) is 1. The van der Waals surface area contributed by atoms with E-state index in [-0.39, 0.29) is 17.4 Å². The van der Waals surface area contributed by atoms with E-state index in [0.717, 1.165) is 49.7 Å². The molecular weight excluding hydrogens is 304 g/mol. The first-order valence-electron chi connectivity index (χ1n) is 9.10. The lowest BCUT2D eigenvalue weighted by Gasteiger charge is -2.39. The summed E-state index contributed by atoms with van der Waals surface area (Å²) in [4.78, 5) is 23.4. The number of likely N-dealkylation sites (tertiary alicyclic amines) is 1. The largest absolute Gasteiger partial charge is 0.364 e. The maximum Gasteiger partial charge on any atom is 0.225 e. The van der Waals surface area contributed by atoms with Crippen LogP contribution in [-0.2, 0) is 21.7 Å². The van der Waals surface area contributed by atoms with Gasteiger partial charge >= 0.3 is 0 Å². The molecule has 0 aromatic carbocycles. The molecule has 0 unspecified atom stereocenters. The van der Waals surface area contributed by atoms with Crippen LogP contribution in [0.1, 0.15) is 50.8 Å². The third-order valence-electron chi connectivity index (χ3n) is 5.42. The average molecular weight is 330 g/mol. The molecule has 2 aliphatic heterocycles. The van der Waals surface area contributed by atoms with E-state index < -0.39 is 0 Å². The van der Waals surface area contributed by atoms with Gasteiger partial charge in [0.15, 0.2) is 0 Å². The maximum atomic E-state index is 12.2. The lowest BCUT2D eigenvalue weighted by molar-refractivity contribution is -0.141. The summed E-state index contributed by atoms with van der Waals surface area (Å²) in [7, 11) is 0. The Morgan fingerprint density at radius 3 is 2.83 bits per heavy atom. The van der Waals surface area contributed by atoms with Gasteiger partial charge < -0.3 is 15.0 Å². The van der Waals surface area contributed by atoms with Crippen molar-refractivity contribution < 1.29 is 9.53 Å². The fourth-order valence-corrected chi connectivity index (χ4v) is 3.67. The highest BCUT2D eigenvalue weighted by Gasteiger charge is 2.45. The van der Waals surface area contributed by atoms with Crippen molar-refractivity contribution in [1.82, 2.24) is 14.9 Å². The zero-order valence-electron chi connectivity index (χ0n) is 14.5. The first-order valence-corrected chi connectivity index (χ1v) is 9.10. The molecule has 6 heteroatoms. The summed E-state index contributed by atoms with van der Waals surface area (Å²) in [5.74, 6) is 1.79. The highest BCUT2D eigenvalue weighted by Crippen LogP contribution is 2.43. The van der Waals surface area contributed by atoms with Gasteiger partial charge in [-0.25, -0.2) is 9.97 Å². The van der Waals surface area contributed by atoms with Crippen molar-refractivity contribution in [1.29, 1.82) is 0 Å². The molecule has 24 heavy (non-hydrogen) atoms.